The number of rotatable bonds is 16. The Labute approximate surface area is 183 Å². The molecule has 1 aliphatic heterocycles. The quantitative estimate of drug-likeness (QED) is 0.235. The maximum atomic E-state index is 12.2. The highest BCUT2D eigenvalue weighted by Crippen LogP contribution is 2.34. The van der Waals surface area contributed by atoms with Crippen molar-refractivity contribution in [1.82, 2.24) is 0 Å². The van der Waals surface area contributed by atoms with Gasteiger partial charge in [0, 0.05) is 12.0 Å². The summed E-state index contributed by atoms with van der Waals surface area (Å²) < 4.78 is 41.6. The number of hydrogen-bond acceptors (Lipinski definition) is 5. The SMILES string of the molecule is CCCCCCCCCCCCS(=O)(=O)OCCC1(c2ccccc2)OCCCO1. The lowest BCUT2D eigenvalue weighted by Crippen LogP contribution is -2.39. The van der Waals surface area contributed by atoms with Gasteiger partial charge in [0.1, 0.15) is 0 Å². The number of benzene rings is 1. The molecule has 0 spiro atoms. The van der Waals surface area contributed by atoms with Crippen molar-refractivity contribution in [2.45, 2.75) is 89.8 Å². The molecule has 0 radical (unpaired) electrons. The van der Waals surface area contributed by atoms with Gasteiger partial charge in [-0.05, 0) is 12.8 Å². The molecular formula is C24H40O5S. The first-order valence-electron chi connectivity index (χ1n) is 11.8. The fraction of sp³-hybridized carbons (Fsp3) is 0.750. The average molecular weight is 441 g/mol. The van der Waals surface area contributed by atoms with E-state index in [0.29, 0.717) is 26.1 Å². The van der Waals surface area contributed by atoms with Crippen LogP contribution in [0.2, 0.25) is 0 Å². The number of unbranched alkanes of at least 4 members (excludes halogenated alkanes) is 9. The zero-order valence-corrected chi connectivity index (χ0v) is 19.5. The molecule has 0 unspecified atom stereocenters. The third kappa shape index (κ3) is 9.46. The summed E-state index contributed by atoms with van der Waals surface area (Å²) in [5.74, 6) is -0.824. The van der Waals surface area contributed by atoms with Gasteiger partial charge in [-0.2, -0.15) is 8.42 Å². The molecule has 0 amide bonds. The van der Waals surface area contributed by atoms with Crippen molar-refractivity contribution in [3.63, 3.8) is 0 Å². The van der Waals surface area contributed by atoms with Crippen LogP contribution in [-0.2, 0) is 29.6 Å². The monoisotopic (exact) mass is 440 g/mol. The smallest absolute Gasteiger partial charge is 0.267 e. The van der Waals surface area contributed by atoms with Gasteiger partial charge in [0.25, 0.3) is 10.1 Å². The van der Waals surface area contributed by atoms with Gasteiger partial charge in [-0.25, -0.2) is 0 Å². The van der Waals surface area contributed by atoms with Gasteiger partial charge in [-0.15, -0.1) is 0 Å². The zero-order valence-electron chi connectivity index (χ0n) is 18.6. The van der Waals surface area contributed by atoms with E-state index in [2.05, 4.69) is 6.92 Å². The Balaban J connectivity index is 1.63. The summed E-state index contributed by atoms with van der Waals surface area (Å²) in [6.45, 7) is 3.49. The Kier molecular flexibility index (Phi) is 12.0. The number of hydrogen-bond donors (Lipinski definition) is 0. The molecule has 0 aromatic heterocycles. The number of ether oxygens (including phenoxy) is 2. The lowest BCUT2D eigenvalue weighted by Gasteiger charge is -2.37. The summed E-state index contributed by atoms with van der Waals surface area (Å²) >= 11 is 0. The van der Waals surface area contributed by atoms with Crippen LogP contribution in [0.1, 0.15) is 89.5 Å². The largest absolute Gasteiger partial charge is 0.346 e. The van der Waals surface area contributed by atoms with E-state index in [0.717, 1.165) is 24.8 Å². The summed E-state index contributed by atoms with van der Waals surface area (Å²) in [5.41, 5.74) is 0.903. The summed E-state index contributed by atoms with van der Waals surface area (Å²) in [5, 5.41) is 0. The molecule has 0 atom stereocenters. The minimum Gasteiger partial charge on any atom is -0.346 e. The first kappa shape index (κ1) is 25.3. The van der Waals surface area contributed by atoms with E-state index in [1.54, 1.807) is 0 Å². The van der Waals surface area contributed by atoms with E-state index in [-0.39, 0.29) is 12.4 Å². The molecule has 172 valence electrons. The topological polar surface area (TPSA) is 61.8 Å². The van der Waals surface area contributed by atoms with E-state index in [1.165, 1.54) is 44.9 Å². The Morgan fingerprint density at radius 2 is 1.43 bits per heavy atom. The molecule has 1 heterocycles. The fourth-order valence-corrected chi connectivity index (χ4v) is 4.86. The molecule has 0 saturated carbocycles. The zero-order chi connectivity index (χ0) is 21.5. The van der Waals surface area contributed by atoms with E-state index in [1.807, 2.05) is 30.3 Å². The Hall–Kier alpha value is -0.950. The predicted octanol–water partition coefficient (Wildman–Crippen LogP) is 5.93. The second-order valence-electron chi connectivity index (χ2n) is 8.19. The van der Waals surface area contributed by atoms with Crippen LogP contribution >= 0.6 is 0 Å². The molecule has 2 rings (SSSR count). The molecule has 1 aromatic rings. The van der Waals surface area contributed by atoms with E-state index < -0.39 is 15.9 Å². The van der Waals surface area contributed by atoms with Crippen molar-refractivity contribution in [3.05, 3.63) is 35.9 Å². The Morgan fingerprint density at radius 1 is 0.867 bits per heavy atom. The third-order valence-electron chi connectivity index (χ3n) is 5.61. The van der Waals surface area contributed by atoms with Crippen molar-refractivity contribution in [1.29, 1.82) is 0 Å². The fourth-order valence-electron chi connectivity index (χ4n) is 3.85. The van der Waals surface area contributed by atoms with Crippen LogP contribution in [0.4, 0.5) is 0 Å². The van der Waals surface area contributed by atoms with Crippen molar-refractivity contribution >= 4 is 10.1 Å². The molecule has 0 N–H and O–H groups in total. The van der Waals surface area contributed by atoms with Crippen LogP contribution in [0.5, 0.6) is 0 Å². The third-order valence-corrected chi connectivity index (χ3v) is 6.93. The van der Waals surface area contributed by atoms with E-state index in [4.69, 9.17) is 13.7 Å². The minimum absolute atomic E-state index is 0.0645. The second kappa shape index (κ2) is 14.2. The minimum atomic E-state index is -3.51. The molecule has 1 aliphatic rings. The average Bonchev–Trinajstić information content (AvgIpc) is 2.76. The van der Waals surface area contributed by atoms with Gasteiger partial charge in [0.05, 0.1) is 25.6 Å². The van der Waals surface area contributed by atoms with E-state index in [9.17, 15) is 8.42 Å². The Bertz CT molecular complexity index is 653. The van der Waals surface area contributed by atoms with Gasteiger partial charge in [0.2, 0.25) is 0 Å². The van der Waals surface area contributed by atoms with Crippen molar-refractivity contribution in [3.8, 4) is 0 Å². The normalized spacial score (nSPS) is 16.6. The molecular weight excluding hydrogens is 400 g/mol. The summed E-state index contributed by atoms with van der Waals surface area (Å²) in [6.07, 6.45) is 12.9. The maximum Gasteiger partial charge on any atom is 0.267 e. The van der Waals surface area contributed by atoms with Gasteiger partial charge in [0.15, 0.2) is 5.79 Å². The lowest BCUT2D eigenvalue weighted by atomic mass is 10.0. The standard InChI is InChI=1S/C24H40O5S/c1-2-3-4-5-6-7-8-9-10-14-22-30(25,26)29-21-18-24(27-19-15-20-28-24)23-16-12-11-13-17-23/h11-13,16-17H,2-10,14-15,18-22H2,1H3. The predicted molar refractivity (Wildman–Crippen MR) is 121 cm³/mol. The molecule has 6 heteroatoms. The summed E-state index contributed by atoms with van der Waals surface area (Å²) in [4.78, 5) is 0. The van der Waals surface area contributed by atoms with Crippen LogP contribution < -0.4 is 0 Å². The maximum absolute atomic E-state index is 12.2. The molecule has 5 nitrogen and oxygen atoms in total. The van der Waals surface area contributed by atoms with E-state index >= 15 is 0 Å². The first-order valence-corrected chi connectivity index (χ1v) is 13.4. The van der Waals surface area contributed by atoms with Crippen LogP contribution in [0.3, 0.4) is 0 Å². The molecule has 0 bridgehead atoms. The highest BCUT2D eigenvalue weighted by atomic mass is 32.2. The highest BCUT2D eigenvalue weighted by Gasteiger charge is 2.36. The van der Waals surface area contributed by atoms with Crippen molar-refractivity contribution in [2.75, 3.05) is 25.6 Å². The molecule has 1 aromatic carbocycles. The molecule has 0 aliphatic carbocycles. The van der Waals surface area contributed by atoms with Crippen LogP contribution in [-0.4, -0.2) is 34.0 Å². The summed E-state index contributed by atoms with van der Waals surface area (Å²) in [6, 6.07) is 9.70. The Morgan fingerprint density at radius 3 is 2.03 bits per heavy atom. The van der Waals surface area contributed by atoms with Crippen LogP contribution in [0.15, 0.2) is 30.3 Å². The van der Waals surface area contributed by atoms with Crippen molar-refractivity contribution < 1.29 is 22.1 Å². The van der Waals surface area contributed by atoms with Crippen LogP contribution in [0.25, 0.3) is 0 Å². The second-order valence-corrected chi connectivity index (χ2v) is 9.94. The van der Waals surface area contributed by atoms with Gasteiger partial charge < -0.3 is 9.47 Å². The molecule has 30 heavy (non-hydrogen) atoms. The van der Waals surface area contributed by atoms with Gasteiger partial charge >= 0.3 is 0 Å². The molecule has 1 fully saturated rings. The van der Waals surface area contributed by atoms with Crippen molar-refractivity contribution in [2.24, 2.45) is 0 Å². The highest BCUT2D eigenvalue weighted by molar-refractivity contribution is 7.86. The van der Waals surface area contributed by atoms with Gasteiger partial charge in [-0.1, -0.05) is 95.0 Å². The molecule has 1 saturated heterocycles. The van der Waals surface area contributed by atoms with Gasteiger partial charge in [-0.3, -0.25) is 4.18 Å². The first-order chi connectivity index (χ1) is 14.6. The summed E-state index contributed by atoms with van der Waals surface area (Å²) in [7, 11) is -3.51. The lowest BCUT2D eigenvalue weighted by molar-refractivity contribution is -0.281. The van der Waals surface area contributed by atoms with Crippen LogP contribution in [0, 0.1) is 0 Å².